The summed E-state index contributed by atoms with van der Waals surface area (Å²) in [5.74, 6) is 0.675. The zero-order valence-corrected chi connectivity index (χ0v) is 12.5. The van der Waals surface area contributed by atoms with Crippen LogP contribution in [-0.4, -0.2) is 24.6 Å². The van der Waals surface area contributed by atoms with Crippen molar-refractivity contribution in [2.75, 3.05) is 24.5 Å². The largest absolute Gasteiger partial charge is 0.348 e. The molecule has 0 spiro atoms. The molecule has 3 nitrogen and oxygen atoms in total. The summed E-state index contributed by atoms with van der Waals surface area (Å²) in [6.07, 6.45) is 2.01. The van der Waals surface area contributed by atoms with Gasteiger partial charge in [-0.2, -0.15) is 0 Å². The Morgan fingerprint density at radius 2 is 2.06 bits per heavy atom. The molecule has 0 radical (unpaired) electrons. The lowest BCUT2D eigenvalue weighted by Gasteiger charge is -2.21. The quantitative estimate of drug-likeness (QED) is 0.810. The Hall–Kier alpha value is -0.610. The third-order valence-electron chi connectivity index (χ3n) is 2.69. The summed E-state index contributed by atoms with van der Waals surface area (Å²) in [7, 11) is 0. The SMILES string of the molecule is CCNC(C)c1cnc(N(CC)CC(C)C)s1. The second kappa shape index (κ2) is 6.97. The van der Waals surface area contributed by atoms with E-state index in [4.69, 9.17) is 0 Å². The molecule has 1 unspecified atom stereocenters. The molecule has 98 valence electrons. The maximum Gasteiger partial charge on any atom is 0.185 e. The van der Waals surface area contributed by atoms with E-state index in [0.29, 0.717) is 12.0 Å². The Balaban J connectivity index is 2.71. The number of thiazole rings is 1. The Morgan fingerprint density at radius 1 is 1.35 bits per heavy atom. The highest BCUT2D eigenvalue weighted by Gasteiger charge is 2.13. The van der Waals surface area contributed by atoms with E-state index in [1.54, 1.807) is 0 Å². The zero-order valence-electron chi connectivity index (χ0n) is 11.7. The first-order valence-corrected chi connectivity index (χ1v) is 7.34. The van der Waals surface area contributed by atoms with E-state index in [2.05, 4.69) is 49.8 Å². The monoisotopic (exact) mass is 255 g/mol. The molecule has 0 saturated heterocycles. The highest BCUT2D eigenvalue weighted by molar-refractivity contribution is 7.15. The van der Waals surface area contributed by atoms with Gasteiger partial charge < -0.3 is 10.2 Å². The lowest BCUT2D eigenvalue weighted by Crippen LogP contribution is -2.26. The number of rotatable bonds is 7. The van der Waals surface area contributed by atoms with Crippen LogP contribution in [0.1, 0.15) is 45.5 Å². The Morgan fingerprint density at radius 3 is 2.59 bits per heavy atom. The third kappa shape index (κ3) is 4.28. The molecule has 0 fully saturated rings. The van der Waals surface area contributed by atoms with Crippen LogP contribution in [0.5, 0.6) is 0 Å². The summed E-state index contributed by atoms with van der Waals surface area (Å²) in [4.78, 5) is 8.23. The summed E-state index contributed by atoms with van der Waals surface area (Å²) < 4.78 is 0. The second-order valence-electron chi connectivity index (χ2n) is 4.76. The number of hydrogen-bond acceptors (Lipinski definition) is 4. The number of aromatic nitrogens is 1. The van der Waals surface area contributed by atoms with Crippen LogP contribution in [0.3, 0.4) is 0 Å². The molecular formula is C13H25N3S. The molecule has 1 N–H and O–H groups in total. The van der Waals surface area contributed by atoms with Gasteiger partial charge in [-0.1, -0.05) is 20.8 Å². The maximum absolute atomic E-state index is 4.55. The van der Waals surface area contributed by atoms with Crippen molar-refractivity contribution < 1.29 is 0 Å². The maximum atomic E-state index is 4.55. The lowest BCUT2D eigenvalue weighted by atomic mass is 10.2. The average molecular weight is 255 g/mol. The van der Waals surface area contributed by atoms with Crippen molar-refractivity contribution in [2.45, 2.75) is 40.7 Å². The molecule has 0 saturated carbocycles. The highest BCUT2D eigenvalue weighted by atomic mass is 32.1. The third-order valence-corrected chi connectivity index (χ3v) is 3.93. The first kappa shape index (κ1) is 14.5. The van der Waals surface area contributed by atoms with Crippen molar-refractivity contribution in [1.82, 2.24) is 10.3 Å². The summed E-state index contributed by atoms with van der Waals surface area (Å²) in [6, 6.07) is 0.406. The van der Waals surface area contributed by atoms with E-state index in [-0.39, 0.29) is 0 Å². The van der Waals surface area contributed by atoms with E-state index in [1.807, 2.05) is 17.5 Å². The van der Waals surface area contributed by atoms with Crippen LogP contribution < -0.4 is 10.2 Å². The number of nitrogens with zero attached hydrogens (tertiary/aromatic N) is 2. The van der Waals surface area contributed by atoms with E-state index >= 15 is 0 Å². The van der Waals surface area contributed by atoms with Crippen LogP contribution in [0.4, 0.5) is 5.13 Å². The molecule has 0 aliphatic rings. The smallest absolute Gasteiger partial charge is 0.185 e. The topological polar surface area (TPSA) is 28.2 Å². The van der Waals surface area contributed by atoms with Crippen LogP contribution in [0.15, 0.2) is 6.20 Å². The van der Waals surface area contributed by atoms with Crippen LogP contribution in [-0.2, 0) is 0 Å². The number of anilines is 1. The van der Waals surface area contributed by atoms with Gasteiger partial charge in [-0.05, 0) is 26.3 Å². The van der Waals surface area contributed by atoms with Crippen molar-refractivity contribution >= 4 is 16.5 Å². The fraction of sp³-hybridized carbons (Fsp3) is 0.769. The first-order valence-electron chi connectivity index (χ1n) is 6.52. The summed E-state index contributed by atoms with van der Waals surface area (Å²) >= 11 is 1.81. The minimum Gasteiger partial charge on any atom is -0.348 e. The van der Waals surface area contributed by atoms with E-state index < -0.39 is 0 Å². The van der Waals surface area contributed by atoms with Gasteiger partial charge in [-0.15, -0.1) is 11.3 Å². The minimum atomic E-state index is 0.406. The van der Waals surface area contributed by atoms with Gasteiger partial charge in [0.1, 0.15) is 0 Å². The number of hydrogen-bond donors (Lipinski definition) is 1. The van der Waals surface area contributed by atoms with Crippen molar-refractivity contribution in [3.8, 4) is 0 Å². The molecule has 0 aromatic carbocycles. The van der Waals surface area contributed by atoms with Crippen molar-refractivity contribution in [3.63, 3.8) is 0 Å². The van der Waals surface area contributed by atoms with Gasteiger partial charge in [-0.25, -0.2) is 4.98 Å². The van der Waals surface area contributed by atoms with Gasteiger partial charge >= 0.3 is 0 Å². The highest BCUT2D eigenvalue weighted by Crippen LogP contribution is 2.27. The summed E-state index contributed by atoms with van der Waals surface area (Å²) in [5, 5.41) is 4.58. The fourth-order valence-corrected chi connectivity index (χ4v) is 2.83. The molecule has 0 aliphatic heterocycles. The molecule has 4 heteroatoms. The van der Waals surface area contributed by atoms with Crippen LogP contribution in [0.25, 0.3) is 0 Å². The fourth-order valence-electron chi connectivity index (χ4n) is 1.81. The van der Waals surface area contributed by atoms with Crippen LogP contribution in [0, 0.1) is 5.92 Å². The van der Waals surface area contributed by atoms with E-state index in [1.165, 1.54) is 4.88 Å². The van der Waals surface area contributed by atoms with Gasteiger partial charge in [0.05, 0.1) is 0 Å². The van der Waals surface area contributed by atoms with E-state index in [9.17, 15) is 0 Å². The van der Waals surface area contributed by atoms with Gasteiger partial charge in [0.15, 0.2) is 5.13 Å². The zero-order chi connectivity index (χ0) is 12.8. The predicted molar refractivity (Wildman–Crippen MR) is 76.9 cm³/mol. The average Bonchev–Trinajstić information content (AvgIpc) is 2.75. The standard InChI is InChI=1S/C13H25N3S/c1-6-14-11(5)12-8-15-13(17-12)16(7-2)9-10(3)4/h8,10-11,14H,6-7,9H2,1-5H3. The van der Waals surface area contributed by atoms with Gasteiger partial charge in [0.2, 0.25) is 0 Å². The minimum absolute atomic E-state index is 0.406. The van der Waals surface area contributed by atoms with Crippen molar-refractivity contribution in [2.24, 2.45) is 5.92 Å². The molecule has 1 heterocycles. The molecule has 17 heavy (non-hydrogen) atoms. The summed E-state index contributed by atoms with van der Waals surface area (Å²) in [5.41, 5.74) is 0. The molecular weight excluding hydrogens is 230 g/mol. The van der Waals surface area contributed by atoms with E-state index in [0.717, 1.165) is 24.8 Å². The molecule has 0 amide bonds. The molecule has 1 rings (SSSR count). The number of nitrogens with one attached hydrogen (secondary N) is 1. The van der Waals surface area contributed by atoms with Gasteiger partial charge in [0.25, 0.3) is 0 Å². The predicted octanol–water partition coefficient (Wildman–Crippen LogP) is 3.30. The van der Waals surface area contributed by atoms with Crippen LogP contribution >= 0.6 is 11.3 Å². The normalized spacial score (nSPS) is 13.1. The second-order valence-corrected chi connectivity index (χ2v) is 5.80. The molecule has 0 bridgehead atoms. The summed E-state index contributed by atoms with van der Waals surface area (Å²) in [6.45, 7) is 14.1. The first-order chi connectivity index (χ1) is 8.08. The molecule has 1 atom stereocenters. The van der Waals surface area contributed by atoms with Crippen molar-refractivity contribution in [1.29, 1.82) is 0 Å². The van der Waals surface area contributed by atoms with Gasteiger partial charge in [-0.3, -0.25) is 0 Å². The van der Waals surface area contributed by atoms with Crippen LogP contribution in [0.2, 0.25) is 0 Å². The Bertz CT molecular complexity index is 322. The Labute approximate surface area is 109 Å². The Kier molecular flexibility index (Phi) is 5.92. The lowest BCUT2D eigenvalue weighted by molar-refractivity contribution is 0.606. The van der Waals surface area contributed by atoms with Crippen molar-refractivity contribution in [3.05, 3.63) is 11.1 Å². The van der Waals surface area contributed by atoms with Gasteiger partial charge in [0, 0.05) is 30.2 Å². The molecule has 0 aliphatic carbocycles. The molecule has 1 aromatic rings. The molecule has 1 aromatic heterocycles.